The van der Waals surface area contributed by atoms with Crippen LogP contribution < -0.4 is 5.32 Å². The summed E-state index contributed by atoms with van der Waals surface area (Å²) in [6.07, 6.45) is 2.88. The maximum Gasteiger partial charge on any atom is 0.227 e. The van der Waals surface area contributed by atoms with E-state index in [4.69, 9.17) is 0 Å². The summed E-state index contributed by atoms with van der Waals surface area (Å²) in [7, 11) is 0. The van der Waals surface area contributed by atoms with Gasteiger partial charge in [0.05, 0.1) is 6.42 Å². The summed E-state index contributed by atoms with van der Waals surface area (Å²) in [5.41, 5.74) is 2.34. The zero-order valence-electron chi connectivity index (χ0n) is 13.6. The van der Waals surface area contributed by atoms with Crippen LogP contribution in [0.25, 0.3) is 0 Å². The van der Waals surface area contributed by atoms with Crippen LogP contribution in [0.1, 0.15) is 37.8 Å². The van der Waals surface area contributed by atoms with E-state index in [2.05, 4.69) is 43.1 Å². The van der Waals surface area contributed by atoms with Gasteiger partial charge in [-0.15, -0.1) is 0 Å². The number of amides is 1. The number of nitrogens with one attached hydrogen (secondary N) is 1. The standard InChI is InChI=1S/C18H28N2O/c1-14(2)20(13-16-7-9-19-10-8-16)18(21)12-17-6-4-5-15(3)11-17/h4-6,11,14,16,19H,7-10,12-13H2,1-3H3. The molecule has 0 saturated carbocycles. The summed E-state index contributed by atoms with van der Waals surface area (Å²) in [5.74, 6) is 0.907. The van der Waals surface area contributed by atoms with E-state index in [0.717, 1.165) is 25.2 Å². The fourth-order valence-corrected chi connectivity index (χ4v) is 3.04. The van der Waals surface area contributed by atoms with Crippen molar-refractivity contribution in [1.29, 1.82) is 0 Å². The number of hydrogen-bond acceptors (Lipinski definition) is 2. The molecule has 1 saturated heterocycles. The maximum atomic E-state index is 12.6. The Bertz CT molecular complexity index is 464. The van der Waals surface area contributed by atoms with Gasteiger partial charge < -0.3 is 10.2 Å². The molecule has 0 atom stereocenters. The molecule has 3 heteroatoms. The van der Waals surface area contributed by atoms with Crippen LogP contribution in [0.2, 0.25) is 0 Å². The van der Waals surface area contributed by atoms with Crippen LogP contribution in [-0.2, 0) is 11.2 Å². The van der Waals surface area contributed by atoms with Gasteiger partial charge in [-0.2, -0.15) is 0 Å². The normalized spacial score (nSPS) is 16.2. The second-order valence-corrected chi connectivity index (χ2v) is 6.50. The van der Waals surface area contributed by atoms with E-state index in [-0.39, 0.29) is 11.9 Å². The third-order valence-electron chi connectivity index (χ3n) is 4.30. The predicted molar refractivity (Wildman–Crippen MR) is 87.3 cm³/mol. The molecule has 1 N–H and O–H groups in total. The zero-order chi connectivity index (χ0) is 15.2. The number of benzene rings is 1. The minimum atomic E-state index is 0.258. The summed E-state index contributed by atoms with van der Waals surface area (Å²) in [5, 5.41) is 3.39. The number of nitrogens with zero attached hydrogens (tertiary/aromatic N) is 1. The lowest BCUT2D eigenvalue weighted by atomic mass is 9.96. The van der Waals surface area contributed by atoms with E-state index in [1.54, 1.807) is 0 Å². The lowest BCUT2D eigenvalue weighted by Crippen LogP contribution is -2.43. The van der Waals surface area contributed by atoms with Crippen LogP contribution in [-0.4, -0.2) is 36.5 Å². The third kappa shape index (κ3) is 4.85. The first-order valence-electron chi connectivity index (χ1n) is 8.12. The van der Waals surface area contributed by atoms with Gasteiger partial charge in [0.15, 0.2) is 0 Å². The Morgan fingerprint density at radius 3 is 2.67 bits per heavy atom. The van der Waals surface area contributed by atoms with Crippen molar-refractivity contribution in [3.8, 4) is 0 Å². The molecule has 1 amide bonds. The summed E-state index contributed by atoms with van der Waals surface area (Å²) in [6, 6.07) is 8.54. The van der Waals surface area contributed by atoms with Gasteiger partial charge >= 0.3 is 0 Å². The van der Waals surface area contributed by atoms with Crippen LogP contribution in [0.5, 0.6) is 0 Å². The van der Waals surface area contributed by atoms with E-state index >= 15 is 0 Å². The topological polar surface area (TPSA) is 32.3 Å². The highest BCUT2D eigenvalue weighted by molar-refractivity contribution is 5.79. The average molecular weight is 288 g/mol. The second kappa shape index (κ2) is 7.60. The molecule has 1 fully saturated rings. The molecule has 1 aromatic carbocycles. The Morgan fingerprint density at radius 2 is 2.05 bits per heavy atom. The minimum Gasteiger partial charge on any atom is -0.340 e. The maximum absolute atomic E-state index is 12.6. The molecule has 0 aliphatic carbocycles. The van der Waals surface area contributed by atoms with Gasteiger partial charge in [0, 0.05) is 12.6 Å². The molecule has 0 bridgehead atoms. The fraction of sp³-hybridized carbons (Fsp3) is 0.611. The lowest BCUT2D eigenvalue weighted by Gasteiger charge is -2.33. The number of carbonyl (C=O) groups is 1. The molecule has 2 rings (SSSR count). The first-order valence-corrected chi connectivity index (χ1v) is 8.12. The number of aryl methyl sites for hydroxylation is 1. The van der Waals surface area contributed by atoms with Crippen molar-refractivity contribution in [2.75, 3.05) is 19.6 Å². The monoisotopic (exact) mass is 288 g/mol. The van der Waals surface area contributed by atoms with E-state index in [0.29, 0.717) is 12.3 Å². The molecule has 3 nitrogen and oxygen atoms in total. The Labute approximate surface area is 128 Å². The van der Waals surface area contributed by atoms with Crippen molar-refractivity contribution in [3.05, 3.63) is 35.4 Å². The van der Waals surface area contributed by atoms with Crippen molar-refractivity contribution < 1.29 is 4.79 Å². The van der Waals surface area contributed by atoms with E-state index in [1.165, 1.54) is 18.4 Å². The van der Waals surface area contributed by atoms with Gasteiger partial charge in [0.25, 0.3) is 0 Å². The number of piperidine rings is 1. The van der Waals surface area contributed by atoms with Gasteiger partial charge in [-0.1, -0.05) is 29.8 Å². The number of hydrogen-bond donors (Lipinski definition) is 1. The van der Waals surface area contributed by atoms with Crippen LogP contribution in [0.15, 0.2) is 24.3 Å². The highest BCUT2D eigenvalue weighted by Crippen LogP contribution is 2.16. The zero-order valence-corrected chi connectivity index (χ0v) is 13.6. The first-order chi connectivity index (χ1) is 10.1. The molecule has 21 heavy (non-hydrogen) atoms. The largest absolute Gasteiger partial charge is 0.340 e. The Hall–Kier alpha value is -1.35. The molecular weight excluding hydrogens is 260 g/mol. The van der Waals surface area contributed by atoms with Gasteiger partial charge in [-0.05, 0) is 58.2 Å². The van der Waals surface area contributed by atoms with Crippen LogP contribution in [0, 0.1) is 12.8 Å². The summed E-state index contributed by atoms with van der Waals surface area (Å²) in [6.45, 7) is 9.39. The Morgan fingerprint density at radius 1 is 1.33 bits per heavy atom. The molecule has 1 aliphatic heterocycles. The van der Waals surface area contributed by atoms with Gasteiger partial charge in [0.1, 0.15) is 0 Å². The second-order valence-electron chi connectivity index (χ2n) is 6.50. The van der Waals surface area contributed by atoms with Crippen molar-refractivity contribution in [1.82, 2.24) is 10.2 Å². The molecule has 1 aliphatic rings. The smallest absolute Gasteiger partial charge is 0.227 e. The highest BCUT2D eigenvalue weighted by Gasteiger charge is 2.22. The third-order valence-corrected chi connectivity index (χ3v) is 4.30. The molecular formula is C18H28N2O. The molecule has 1 heterocycles. The van der Waals surface area contributed by atoms with Crippen molar-refractivity contribution in [2.45, 2.75) is 46.1 Å². The van der Waals surface area contributed by atoms with E-state index in [9.17, 15) is 4.79 Å². The van der Waals surface area contributed by atoms with Crippen LogP contribution in [0.3, 0.4) is 0 Å². The predicted octanol–water partition coefficient (Wildman–Crippen LogP) is 2.77. The van der Waals surface area contributed by atoms with Crippen LogP contribution in [0.4, 0.5) is 0 Å². The van der Waals surface area contributed by atoms with Crippen molar-refractivity contribution in [2.24, 2.45) is 5.92 Å². The fourth-order valence-electron chi connectivity index (χ4n) is 3.04. The highest BCUT2D eigenvalue weighted by atomic mass is 16.2. The Balaban J connectivity index is 1.98. The van der Waals surface area contributed by atoms with Gasteiger partial charge in [0.2, 0.25) is 5.91 Å². The summed E-state index contributed by atoms with van der Waals surface area (Å²) in [4.78, 5) is 14.7. The lowest BCUT2D eigenvalue weighted by molar-refractivity contribution is -0.133. The molecule has 116 valence electrons. The van der Waals surface area contributed by atoms with E-state index in [1.807, 2.05) is 12.1 Å². The molecule has 0 radical (unpaired) electrons. The van der Waals surface area contributed by atoms with Crippen molar-refractivity contribution >= 4 is 5.91 Å². The summed E-state index contributed by atoms with van der Waals surface area (Å²) >= 11 is 0. The van der Waals surface area contributed by atoms with E-state index < -0.39 is 0 Å². The quantitative estimate of drug-likeness (QED) is 0.903. The van der Waals surface area contributed by atoms with Crippen molar-refractivity contribution in [3.63, 3.8) is 0 Å². The first kappa shape index (κ1) is 16.0. The van der Waals surface area contributed by atoms with Crippen LogP contribution >= 0.6 is 0 Å². The SMILES string of the molecule is Cc1cccc(CC(=O)N(CC2CCNCC2)C(C)C)c1. The van der Waals surface area contributed by atoms with Gasteiger partial charge in [-0.3, -0.25) is 4.79 Å². The molecule has 0 spiro atoms. The molecule has 0 aromatic heterocycles. The number of carbonyl (C=O) groups excluding carboxylic acids is 1. The summed E-state index contributed by atoms with van der Waals surface area (Å²) < 4.78 is 0. The molecule has 1 aromatic rings. The number of rotatable bonds is 5. The molecule has 0 unspecified atom stereocenters. The van der Waals surface area contributed by atoms with Gasteiger partial charge in [-0.25, -0.2) is 0 Å². The Kier molecular flexibility index (Phi) is 5.80. The average Bonchev–Trinajstić information content (AvgIpc) is 2.45. The minimum absolute atomic E-state index is 0.258.